The molecular weight excluding hydrogens is 328 g/mol. The van der Waals surface area contributed by atoms with Gasteiger partial charge in [0.1, 0.15) is 12.4 Å². The highest BCUT2D eigenvalue weighted by Crippen LogP contribution is 2.19. The number of hydrogen-bond donors (Lipinski definition) is 2. The minimum Gasteiger partial charge on any atom is -0.492 e. The molecule has 0 atom stereocenters. The van der Waals surface area contributed by atoms with Gasteiger partial charge in [0.15, 0.2) is 5.96 Å². The third kappa shape index (κ3) is 7.62. The fourth-order valence-electron chi connectivity index (χ4n) is 2.77. The fraction of sp³-hybridized carbons (Fsp3) is 0.650. The zero-order chi connectivity index (χ0) is 18.5. The van der Waals surface area contributed by atoms with Crippen LogP contribution in [0.2, 0.25) is 0 Å². The molecule has 26 heavy (non-hydrogen) atoms. The average molecular weight is 363 g/mol. The minimum atomic E-state index is 0.606. The second kappa shape index (κ2) is 12.5. The summed E-state index contributed by atoms with van der Waals surface area (Å²) < 4.78 is 11.4. The third-order valence-electron chi connectivity index (χ3n) is 4.32. The van der Waals surface area contributed by atoms with E-state index in [1.165, 1.54) is 6.42 Å². The predicted octanol–water partition coefficient (Wildman–Crippen LogP) is 2.25. The van der Waals surface area contributed by atoms with Gasteiger partial charge in [-0.05, 0) is 19.4 Å². The highest BCUT2D eigenvalue weighted by atomic mass is 16.5. The van der Waals surface area contributed by atoms with E-state index in [2.05, 4.69) is 35.4 Å². The molecule has 0 spiro atoms. The van der Waals surface area contributed by atoms with Crippen LogP contribution in [-0.2, 0) is 11.3 Å². The molecule has 0 aliphatic carbocycles. The van der Waals surface area contributed by atoms with E-state index in [9.17, 15) is 0 Å². The molecule has 1 aromatic carbocycles. The number of guanidine groups is 1. The Bertz CT molecular complexity index is 530. The number of nitrogens with one attached hydrogen (secondary N) is 2. The first-order valence-corrected chi connectivity index (χ1v) is 9.86. The second-order valence-electron chi connectivity index (χ2n) is 6.39. The second-order valence-corrected chi connectivity index (χ2v) is 6.39. The van der Waals surface area contributed by atoms with E-state index in [1.807, 2.05) is 18.2 Å². The van der Waals surface area contributed by atoms with Crippen LogP contribution < -0.4 is 15.4 Å². The standard InChI is InChI=1S/C20H34N4O2/c1-3-5-10-22-20(21-4-2)23-17-18-8-6-7-9-19(18)26-16-13-24-11-14-25-15-12-24/h6-9H,3-5,10-17H2,1-2H3,(H2,21,22,23). The number of aliphatic imine (C=N–C) groups is 1. The van der Waals surface area contributed by atoms with E-state index in [4.69, 9.17) is 14.5 Å². The maximum atomic E-state index is 6.04. The summed E-state index contributed by atoms with van der Waals surface area (Å²) in [6.45, 7) is 11.9. The summed E-state index contributed by atoms with van der Waals surface area (Å²) >= 11 is 0. The number of rotatable bonds is 10. The van der Waals surface area contributed by atoms with Gasteiger partial charge in [0.2, 0.25) is 0 Å². The van der Waals surface area contributed by atoms with Gasteiger partial charge in [0.25, 0.3) is 0 Å². The van der Waals surface area contributed by atoms with E-state index in [0.29, 0.717) is 13.2 Å². The molecule has 146 valence electrons. The van der Waals surface area contributed by atoms with Gasteiger partial charge in [-0.1, -0.05) is 31.5 Å². The van der Waals surface area contributed by atoms with Crippen molar-refractivity contribution >= 4 is 5.96 Å². The van der Waals surface area contributed by atoms with Gasteiger partial charge in [0.05, 0.1) is 19.8 Å². The highest BCUT2D eigenvalue weighted by Gasteiger charge is 2.10. The lowest BCUT2D eigenvalue weighted by atomic mass is 10.2. The van der Waals surface area contributed by atoms with Gasteiger partial charge in [0, 0.05) is 38.3 Å². The molecule has 2 rings (SSSR count). The molecule has 0 bridgehead atoms. The zero-order valence-electron chi connectivity index (χ0n) is 16.3. The van der Waals surface area contributed by atoms with Gasteiger partial charge >= 0.3 is 0 Å². The molecule has 0 radical (unpaired) electrons. The predicted molar refractivity (Wildman–Crippen MR) is 107 cm³/mol. The lowest BCUT2D eigenvalue weighted by Gasteiger charge is -2.26. The number of morpholine rings is 1. The zero-order valence-corrected chi connectivity index (χ0v) is 16.3. The van der Waals surface area contributed by atoms with Gasteiger partial charge in [-0.2, -0.15) is 0 Å². The van der Waals surface area contributed by atoms with Crippen LogP contribution in [0, 0.1) is 0 Å². The summed E-state index contributed by atoms with van der Waals surface area (Å²) in [5, 5.41) is 6.67. The van der Waals surface area contributed by atoms with Crippen LogP contribution in [-0.4, -0.2) is 63.4 Å². The highest BCUT2D eigenvalue weighted by molar-refractivity contribution is 5.79. The number of hydrogen-bond acceptors (Lipinski definition) is 4. The number of unbranched alkanes of at least 4 members (excludes halogenated alkanes) is 1. The third-order valence-corrected chi connectivity index (χ3v) is 4.32. The molecule has 1 aromatic rings. The van der Waals surface area contributed by atoms with Crippen molar-refractivity contribution in [2.45, 2.75) is 33.2 Å². The molecule has 1 fully saturated rings. The maximum Gasteiger partial charge on any atom is 0.191 e. The Balaban J connectivity index is 1.86. The lowest BCUT2D eigenvalue weighted by molar-refractivity contribution is 0.0322. The van der Waals surface area contributed by atoms with Crippen LogP contribution in [0.15, 0.2) is 29.3 Å². The molecule has 1 aliphatic heterocycles. The van der Waals surface area contributed by atoms with E-state index < -0.39 is 0 Å². The van der Waals surface area contributed by atoms with E-state index in [1.54, 1.807) is 0 Å². The number of ether oxygens (including phenoxy) is 2. The largest absolute Gasteiger partial charge is 0.492 e. The number of para-hydroxylation sites is 1. The Morgan fingerprint density at radius 3 is 2.77 bits per heavy atom. The molecule has 0 aromatic heterocycles. The summed E-state index contributed by atoms with van der Waals surface area (Å²) in [7, 11) is 0. The molecule has 1 aliphatic rings. The molecule has 0 unspecified atom stereocenters. The SMILES string of the molecule is CCCCNC(=NCc1ccccc1OCCN1CCOCC1)NCC. The normalized spacial score (nSPS) is 15.7. The molecule has 6 nitrogen and oxygen atoms in total. The maximum absolute atomic E-state index is 6.04. The van der Waals surface area contributed by atoms with Crippen molar-refractivity contribution < 1.29 is 9.47 Å². The molecule has 2 N–H and O–H groups in total. The summed E-state index contributed by atoms with van der Waals surface area (Å²) in [6, 6.07) is 8.17. The van der Waals surface area contributed by atoms with E-state index in [-0.39, 0.29) is 0 Å². The Morgan fingerprint density at radius 2 is 2.00 bits per heavy atom. The molecular formula is C20H34N4O2. The van der Waals surface area contributed by atoms with Crippen LogP contribution in [0.25, 0.3) is 0 Å². The van der Waals surface area contributed by atoms with Gasteiger partial charge in [-0.15, -0.1) is 0 Å². The van der Waals surface area contributed by atoms with Crippen LogP contribution in [0.1, 0.15) is 32.3 Å². The first kappa shape index (κ1) is 20.5. The molecule has 0 saturated carbocycles. The van der Waals surface area contributed by atoms with Crippen LogP contribution in [0.4, 0.5) is 0 Å². The fourth-order valence-corrected chi connectivity index (χ4v) is 2.77. The smallest absolute Gasteiger partial charge is 0.191 e. The van der Waals surface area contributed by atoms with Gasteiger partial charge in [-0.25, -0.2) is 4.99 Å². The number of nitrogens with zero attached hydrogens (tertiary/aromatic N) is 2. The quantitative estimate of drug-likeness (QED) is 0.380. The van der Waals surface area contributed by atoms with Gasteiger partial charge in [-0.3, -0.25) is 4.90 Å². The Kier molecular flexibility index (Phi) is 9.90. The summed E-state index contributed by atoms with van der Waals surface area (Å²) in [6.07, 6.45) is 2.32. The lowest BCUT2D eigenvalue weighted by Crippen LogP contribution is -2.38. The molecule has 6 heteroatoms. The monoisotopic (exact) mass is 362 g/mol. The van der Waals surface area contributed by atoms with Crippen molar-refractivity contribution in [1.82, 2.24) is 15.5 Å². The Hall–Kier alpha value is -1.79. The van der Waals surface area contributed by atoms with Crippen molar-refractivity contribution in [3.05, 3.63) is 29.8 Å². The minimum absolute atomic E-state index is 0.606. The summed E-state index contributed by atoms with van der Waals surface area (Å²) in [4.78, 5) is 7.08. The Morgan fingerprint density at radius 1 is 1.19 bits per heavy atom. The van der Waals surface area contributed by atoms with E-state index >= 15 is 0 Å². The van der Waals surface area contributed by atoms with Crippen LogP contribution >= 0.6 is 0 Å². The van der Waals surface area contributed by atoms with Crippen molar-refractivity contribution in [2.75, 3.05) is 52.5 Å². The number of benzene rings is 1. The van der Waals surface area contributed by atoms with Crippen LogP contribution in [0.5, 0.6) is 5.75 Å². The van der Waals surface area contributed by atoms with Crippen molar-refractivity contribution in [3.8, 4) is 5.75 Å². The first-order valence-electron chi connectivity index (χ1n) is 9.86. The van der Waals surface area contributed by atoms with Gasteiger partial charge < -0.3 is 20.1 Å². The van der Waals surface area contributed by atoms with Crippen molar-refractivity contribution in [2.24, 2.45) is 4.99 Å². The topological polar surface area (TPSA) is 58.1 Å². The molecule has 1 heterocycles. The molecule has 0 amide bonds. The van der Waals surface area contributed by atoms with Crippen molar-refractivity contribution in [3.63, 3.8) is 0 Å². The van der Waals surface area contributed by atoms with Crippen LogP contribution in [0.3, 0.4) is 0 Å². The Labute approximate surface area is 158 Å². The summed E-state index contributed by atoms with van der Waals surface area (Å²) in [5.41, 5.74) is 1.11. The first-order chi connectivity index (χ1) is 12.8. The average Bonchev–Trinajstić information content (AvgIpc) is 2.68. The molecule has 1 saturated heterocycles. The summed E-state index contributed by atoms with van der Waals surface area (Å²) in [5.74, 6) is 1.79. The van der Waals surface area contributed by atoms with E-state index in [0.717, 1.165) is 69.6 Å². The van der Waals surface area contributed by atoms with Crippen molar-refractivity contribution in [1.29, 1.82) is 0 Å².